The Morgan fingerprint density at radius 1 is 1.07 bits per heavy atom. The lowest BCUT2D eigenvalue weighted by Gasteiger charge is -1.96. The number of nitrogens with one attached hydrogen (secondary N) is 2. The van der Waals surface area contributed by atoms with Crippen molar-refractivity contribution in [1.29, 1.82) is 0 Å². The zero-order valence-electron chi connectivity index (χ0n) is 7.77. The Morgan fingerprint density at radius 2 is 2.00 bits per heavy atom. The molecule has 0 bridgehead atoms. The molecule has 0 amide bonds. The lowest BCUT2D eigenvalue weighted by molar-refractivity contribution is 1.15. The van der Waals surface area contributed by atoms with Crippen molar-refractivity contribution < 1.29 is 0 Å². The molecule has 0 saturated carbocycles. The minimum atomic E-state index is 0.803. The van der Waals surface area contributed by atoms with E-state index in [1.54, 1.807) is 0 Å². The van der Waals surface area contributed by atoms with E-state index in [2.05, 4.69) is 18.9 Å². The van der Waals surface area contributed by atoms with Crippen LogP contribution >= 0.6 is 11.7 Å². The third-order valence-corrected chi connectivity index (χ3v) is 2.65. The van der Waals surface area contributed by atoms with Gasteiger partial charge in [0.05, 0.1) is 5.52 Å². The Kier molecular flexibility index (Phi) is 1.89. The van der Waals surface area contributed by atoms with Gasteiger partial charge in [-0.1, -0.05) is 24.3 Å². The normalized spacial score (nSPS) is 10.7. The molecule has 0 fully saturated rings. The molecule has 0 aliphatic heterocycles. The summed E-state index contributed by atoms with van der Waals surface area (Å²) in [5.74, 6) is 0. The van der Waals surface area contributed by atoms with Crippen molar-refractivity contribution >= 4 is 33.8 Å². The van der Waals surface area contributed by atoms with E-state index in [1.165, 1.54) is 11.7 Å². The third kappa shape index (κ3) is 1.46. The molecular formula is C10H8N4S. The minimum Gasteiger partial charge on any atom is -0.278 e. The van der Waals surface area contributed by atoms with Crippen molar-refractivity contribution in [1.82, 2.24) is 18.9 Å². The maximum atomic E-state index is 4.49. The molecule has 15 heavy (non-hydrogen) atoms. The van der Waals surface area contributed by atoms with Crippen molar-refractivity contribution in [2.24, 2.45) is 0 Å². The molecule has 74 valence electrons. The number of pyridine rings is 1. The first-order valence-electron chi connectivity index (χ1n) is 4.54. The lowest BCUT2D eigenvalue weighted by Crippen LogP contribution is -1.87. The number of hydrogen-bond donors (Lipinski definition) is 2. The quantitative estimate of drug-likeness (QED) is 0.607. The zero-order valence-corrected chi connectivity index (χ0v) is 8.58. The van der Waals surface area contributed by atoms with Gasteiger partial charge >= 0.3 is 0 Å². The Bertz CT molecular complexity index is 592. The van der Waals surface area contributed by atoms with Gasteiger partial charge in [-0.05, 0) is 12.1 Å². The summed E-state index contributed by atoms with van der Waals surface area (Å²) in [6.07, 6.45) is 0. The predicted octanol–water partition coefficient (Wildman–Crippen LogP) is 2.63. The predicted molar refractivity (Wildman–Crippen MR) is 61.3 cm³/mol. The SMILES string of the molecule is c1ccc2cc3n[nH]s[nH]c3nc2cc1. The Morgan fingerprint density at radius 3 is 3.00 bits per heavy atom. The van der Waals surface area contributed by atoms with Gasteiger partial charge in [0.15, 0.2) is 5.65 Å². The van der Waals surface area contributed by atoms with Crippen LogP contribution in [-0.4, -0.2) is 18.9 Å². The molecule has 0 aliphatic carbocycles. The third-order valence-electron chi connectivity index (χ3n) is 2.17. The first kappa shape index (κ1) is 8.43. The van der Waals surface area contributed by atoms with Crippen LogP contribution in [-0.2, 0) is 0 Å². The Hall–Kier alpha value is -1.88. The highest BCUT2D eigenvalue weighted by Gasteiger charge is 1.98. The van der Waals surface area contributed by atoms with E-state index in [9.17, 15) is 0 Å². The molecule has 0 atom stereocenters. The molecule has 0 aliphatic rings. The molecule has 0 spiro atoms. The highest BCUT2D eigenvalue weighted by Crippen LogP contribution is 2.14. The van der Waals surface area contributed by atoms with Crippen molar-refractivity contribution in [3.63, 3.8) is 0 Å². The van der Waals surface area contributed by atoms with Gasteiger partial charge in [-0.15, -0.1) is 0 Å². The van der Waals surface area contributed by atoms with Crippen LogP contribution in [0.1, 0.15) is 0 Å². The fraction of sp³-hybridized carbons (Fsp3) is 0. The highest BCUT2D eigenvalue weighted by atomic mass is 32.1. The van der Waals surface area contributed by atoms with Crippen LogP contribution in [0.15, 0.2) is 36.4 Å². The summed E-state index contributed by atoms with van der Waals surface area (Å²) in [4.78, 5) is 4.49. The van der Waals surface area contributed by atoms with E-state index in [-0.39, 0.29) is 0 Å². The number of hydrogen-bond acceptors (Lipinski definition) is 3. The first-order valence-corrected chi connectivity index (χ1v) is 5.36. The maximum absolute atomic E-state index is 4.49. The molecule has 3 aromatic rings. The summed E-state index contributed by atoms with van der Waals surface area (Å²) in [7, 11) is 0. The summed E-state index contributed by atoms with van der Waals surface area (Å²) in [5, 5.41) is 5.23. The van der Waals surface area contributed by atoms with Gasteiger partial charge in [0.25, 0.3) is 0 Å². The number of nitrogens with zero attached hydrogens (tertiary/aromatic N) is 2. The lowest BCUT2D eigenvalue weighted by atomic mass is 10.2. The van der Waals surface area contributed by atoms with E-state index in [4.69, 9.17) is 0 Å². The van der Waals surface area contributed by atoms with Crippen LogP contribution in [0.2, 0.25) is 0 Å². The average Bonchev–Trinajstić information content (AvgIpc) is 2.50. The van der Waals surface area contributed by atoms with E-state index in [0.717, 1.165) is 22.1 Å². The summed E-state index contributed by atoms with van der Waals surface area (Å²) in [6.45, 7) is 0. The topological polar surface area (TPSA) is 57.4 Å². The molecule has 2 heterocycles. The number of rotatable bonds is 0. The fourth-order valence-corrected chi connectivity index (χ4v) is 1.91. The molecule has 4 nitrogen and oxygen atoms in total. The standard InChI is InChI=1S/C10H8N4S/c1-2-4-7-6-9-10(13-15-14-12-9)11-8(7)5-3-1/h1-6,14H,(H,11,13). The number of aromatic amines is 2. The van der Waals surface area contributed by atoms with Crippen LogP contribution in [0.25, 0.3) is 22.1 Å². The van der Waals surface area contributed by atoms with Crippen LogP contribution in [0.4, 0.5) is 0 Å². The molecule has 0 unspecified atom stereocenters. The second kappa shape index (κ2) is 3.36. The smallest absolute Gasteiger partial charge is 0.168 e. The molecular weight excluding hydrogens is 208 g/mol. The van der Waals surface area contributed by atoms with Gasteiger partial charge in [-0.3, -0.25) is 4.37 Å². The van der Waals surface area contributed by atoms with Crippen molar-refractivity contribution in [2.75, 3.05) is 0 Å². The van der Waals surface area contributed by atoms with E-state index < -0.39 is 0 Å². The summed E-state index contributed by atoms with van der Waals surface area (Å²) < 4.78 is 5.87. The summed E-state index contributed by atoms with van der Waals surface area (Å²) in [6, 6.07) is 12.0. The second-order valence-corrected chi connectivity index (χ2v) is 3.74. The van der Waals surface area contributed by atoms with Crippen molar-refractivity contribution in [3.8, 4) is 0 Å². The van der Waals surface area contributed by atoms with Crippen LogP contribution in [0.3, 0.4) is 0 Å². The molecule has 5 heteroatoms. The van der Waals surface area contributed by atoms with Crippen molar-refractivity contribution in [2.45, 2.75) is 0 Å². The van der Waals surface area contributed by atoms with Gasteiger partial charge in [-0.2, -0.15) is 5.10 Å². The summed E-state index contributed by atoms with van der Waals surface area (Å²) in [5.41, 5.74) is 2.61. The van der Waals surface area contributed by atoms with Crippen LogP contribution in [0.5, 0.6) is 0 Å². The Labute approximate surface area is 89.6 Å². The highest BCUT2D eigenvalue weighted by molar-refractivity contribution is 6.99. The molecule has 0 saturated heterocycles. The van der Waals surface area contributed by atoms with Gasteiger partial charge in [0, 0.05) is 17.1 Å². The van der Waals surface area contributed by atoms with Crippen molar-refractivity contribution in [3.05, 3.63) is 36.4 Å². The monoisotopic (exact) mass is 216 g/mol. The molecule has 2 aromatic heterocycles. The number of fused-ring (bicyclic) bond motifs is 2. The molecule has 1 aromatic carbocycles. The van der Waals surface area contributed by atoms with Crippen LogP contribution < -0.4 is 0 Å². The largest absolute Gasteiger partial charge is 0.278 e. The Balaban J connectivity index is 2.52. The van der Waals surface area contributed by atoms with E-state index in [0.29, 0.717) is 0 Å². The van der Waals surface area contributed by atoms with Gasteiger partial charge in [-0.25, -0.2) is 9.47 Å². The molecule has 2 N–H and O–H groups in total. The zero-order chi connectivity index (χ0) is 10.1. The van der Waals surface area contributed by atoms with E-state index >= 15 is 0 Å². The van der Waals surface area contributed by atoms with Gasteiger partial charge < -0.3 is 0 Å². The van der Waals surface area contributed by atoms with Crippen LogP contribution in [0, 0.1) is 0 Å². The van der Waals surface area contributed by atoms with Gasteiger partial charge in [0.1, 0.15) is 5.52 Å². The number of H-pyrrole nitrogens is 2. The maximum Gasteiger partial charge on any atom is 0.168 e. The average molecular weight is 216 g/mol. The minimum absolute atomic E-state index is 0.803. The van der Waals surface area contributed by atoms with Gasteiger partial charge in [0.2, 0.25) is 0 Å². The number of aromatic nitrogens is 4. The second-order valence-electron chi connectivity index (χ2n) is 3.15. The summed E-state index contributed by atoms with van der Waals surface area (Å²) >= 11 is 1.31. The fourth-order valence-electron chi connectivity index (χ4n) is 1.47. The van der Waals surface area contributed by atoms with E-state index in [1.807, 2.05) is 36.4 Å². The first-order chi connectivity index (χ1) is 7.43. The molecule has 0 radical (unpaired) electrons. The molecule has 3 rings (SSSR count).